The fraction of sp³-hybridized carbons (Fsp3) is 0.900. The first kappa shape index (κ1) is 14.6. The molecule has 15 heavy (non-hydrogen) atoms. The summed E-state index contributed by atoms with van der Waals surface area (Å²) in [4.78, 5) is 11.5. The minimum absolute atomic E-state index is 0.00956. The van der Waals surface area contributed by atoms with E-state index in [0.717, 1.165) is 0 Å². The van der Waals surface area contributed by atoms with Gasteiger partial charge in [-0.2, -0.15) is 0 Å². The number of hydrogen-bond acceptors (Lipinski definition) is 4. The molecule has 0 bridgehead atoms. The summed E-state index contributed by atoms with van der Waals surface area (Å²) in [5.41, 5.74) is 5.33. The number of carbonyl (C=O) groups is 1. The third-order valence-corrected chi connectivity index (χ3v) is 4.71. The number of sulfone groups is 1. The zero-order chi connectivity index (χ0) is 12.1. The van der Waals surface area contributed by atoms with Gasteiger partial charge in [-0.15, -0.1) is 0 Å². The molecular formula is C10H21NO3S. The van der Waals surface area contributed by atoms with Crippen molar-refractivity contribution in [2.75, 3.05) is 12.3 Å². The average molecular weight is 235 g/mol. The standard InChI is InChI=1S/C10H21NO3S/c1-8(2)15(13,14)7-5-10(12)9(3)4-6-11/h8-9H,4-7,11H2,1-3H3. The molecule has 0 fully saturated rings. The zero-order valence-electron chi connectivity index (χ0n) is 9.69. The maximum atomic E-state index is 11.5. The number of carbonyl (C=O) groups excluding carboxylic acids is 1. The topological polar surface area (TPSA) is 77.2 Å². The summed E-state index contributed by atoms with van der Waals surface area (Å²) in [5, 5.41) is -0.407. The highest BCUT2D eigenvalue weighted by Crippen LogP contribution is 2.09. The molecule has 0 heterocycles. The van der Waals surface area contributed by atoms with Gasteiger partial charge in [0.05, 0.1) is 11.0 Å². The van der Waals surface area contributed by atoms with Gasteiger partial charge in [0.25, 0.3) is 0 Å². The van der Waals surface area contributed by atoms with E-state index in [2.05, 4.69) is 0 Å². The lowest BCUT2D eigenvalue weighted by Crippen LogP contribution is -2.23. The quantitative estimate of drug-likeness (QED) is 0.706. The molecule has 0 spiro atoms. The number of ketones is 1. The Bertz CT molecular complexity index is 296. The first-order valence-electron chi connectivity index (χ1n) is 5.25. The van der Waals surface area contributed by atoms with Crippen LogP contribution in [0.4, 0.5) is 0 Å². The van der Waals surface area contributed by atoms with E-state index in [1.54, 1.807) is 20.8 Å². The second kappa shape index (κ2) is 6.23. The first-order chi connectivity index (χ1) is 6.81. The molecule has 0 aromatic carbocycles. The molecule has 0 amide bonds. The first-order valence-corrected chi connectivity index (χ1v) is 6.97. The molecule has 1 atom stereocenters. The third kappa shape index (κ3) is 5.28. The maximum Gasteiger partial charge on any atom is 0.153 e. The Balaban J connectivity index is 4.12. The summed E-state index contributed by atoms with van der Waals surface area (Å²) in [6.45, 7) is 5.51. The van der Waals surface area contributed by atoms with Crippen LogP contribution in [0.3, 0.4) is 0 Å². The summed E-state index contributed by atoms with van der Waals surface area (Å²) in [7, 11) is -3.09. The molecule has 90 valence electrons. The molecule has 5 heteroatoms. The second-order valence-corrected chi connectivity index (χ2v) is 6.79. The largest absolute Gasteiger partial charge is 0.330 e. The van der Waals surface area contributed by atoms with Gasteiger partial charge in [0.1, 0.15) is 5.78 Å². The number of Topliss-reactive ketones (excluding diaryl/α,β-unsaturated/α-hetero) is 1. The summed E-state index contributed by atoms with van der Waals surface area (Å²) in [6, 6.07) is 0. The highest BCUT2D eigenvalue weighted by molar-refractivity contribution is 7.91. The van der Waals surface area contributed by atoms with Crippen LogP contribution in [0.25, 0.3) is 0 Å². The Labute approximate surface area is 92.2 Å². The summed E-state index contributed by atoms with van der Waals surface area (Å²) in [5.74, 6) is -0.180. The van der Waals surface area contributed by atoms with E-state index in [4.69, 9.17) is 5.73 Å². The van der Waals surface area contributed by atoms with Crippen molar-refractivity contribution in [3.63, 3.8) is 0 Å². The van der Waals surface area contributed by atoms with Gasteiger partial charge < -0.3 is 5.73 Å². The predicted molar refractivity (Wildman–Crippen MR) is 61.4 cm³/mol. The van der Waals surface area contributed by atoms with E-state index >= 15 is 0 Å². The van der Waals surface area contributed by atoms with E-state index < -0.39 is 15.1 Å². The highest BCUT2D eigenvalue weighted by Gasteiger charge is 2.19. The monoisotopic (exact) mass is 235 g/mol. The van der Waals surface area contributed by atoms with Crippen LogP contribution in [-0.2, 0) is 14.6 Å². The minimum Gasteiger partial charge on any atom is -0.330 e. The van der Waals surface area contributed by atoms with E-state index in [0.29, 0.717) is 13.0 Å². The number of hydrogen-bond donors (Lipinski definition) is 1. The Morgan fingerprint density at radius 2 is 1.80 bits per heavy atom. The second-order valence-electron chi connectivity index (χ2n) is 4.11. The molecule has 0 radical (unpaired) electrons. The molecule has 2 N–H and O–H groups in total. The van der Waals surface area contributed by atoms with Gasteiger partial charge in [-0.3, -0.25) is 4.79 Å². The van der Waals surface area contributed by atoms with Crippen molar-refractivity contribution >= 4 is 15.6 Å². The Morgan fingerprint density at radius 1 is 1.27 bits per heavy atom. The third-order valence-electron chi connectivity index (χ3n) is 2.50. The smallest absolute Gasteiger partial charge is 0.153 e. The summed E-state index contributed by atoms with van der Waals surface area (Å²) >= 11 is 0. The lowest BCUT2D eigenvalue weighted by molar-refractivity contribution is -0.122. The van der Waals surface area contributed by atoms with Gasteiger partial charge in [0.2, 0.25) is 0 Å². The van der Waals surface area contributed by atoms with Crippen molar-refractivity contribution < 1.29 is 13.2 Å². The Hall–Kier alpha value is -0.420. The molecule has 0 aliphatic rings. The molecular weight excluding hydrogens is 214 g/mol. The van der Waals surface area contributed by atoms with Crippen LogP contribution >= 0.6 is 0 Å². The molecule has 0 saturated heterocycles. The van der Waals surface area contributed by atoms with Gasteiger partial charge in [0.15, 0.2) is 9.84 Å². The van der Waals surface area contributed by atoms with E-state index in [9.17, 15) is 13.2 Å². The van der Waals surface area contributed by atoms with E-state index in [1.165, 1.54) is 0 Å². The maximum absolute atomic E-state index is 11.5. The fourth-order valence-corrected chi connectivity index (χ4v) is 2.09. The van der Waals surface area contributed by atoms with Crippen molar-refractivity contribution in [3.8, 4) is 0 Å². The van der Waals surface area contributed by atoms with Crippen molar-refractivity contribution in [3.05, 3.63) is 0 Å². The molecule has 4 nitrogen and oxygen atoms in total. The van der Waals surface area contributed by atoms with Crippen molar-refractivity contribution in [1.82, 2.24) is 0 Å². The van der Waals surface area contributed by atoms with Gasteiger partial charge in [0, 0.05) is 12.3 Å². The molecule has 0 saturated carbocycles. The molecule has 0 rings (SSSR count). The lowest BCUT2D eigenvalue weighted by Gasteiger charge is -2.10. The van der Waals surface area contributed by atoms with Crippen molar-refractivity contribution in [2.24, 2.45) is 11.7 Å². The van der Waals surface area contributed by atoms with Crippen LogP contribution in [0.5, 0.6) is 0 Å². The number of rotatable bonds is 7. The highest BCUT2D eigenvalue weighted by atomic mass is 32.2. The van der Waals surface area contributed by atoms with E-state index in [-0.39, 0.29) is 23.9 Å². The Kier molecular flexibility index (Phi) is 6.05. The molecule has 0 aliphatic carbocycles. The van der Waals surface area contributed by atoms with Gasteiger partial charge in [-0.05, 0) is 26.8 Å². The van der Waals surface area contributed by atoms with Crippen LogP contribution in [0, 0.1) is 5.92 Å². The normalized spacial score (nSPS) is 14.2. The predicted octanol–water partition coefficient (Wildman–Crippen LogP) is 0.754. The van der Waals surface area contributed by atoms with Crippen LogP contribution in [0.1, 0.15) is 33.6 Å². The number of nitrogens with two attached hydrogens (primary N) is 1. The van der Waals surface area contributed by atoms with Gasteiger partial charge in [-0.1, -0.05) is 6.92 Å². The molecule has 1 unspecified atom stereocenters. The summed E-state index contributed by atoms with van der Waals surface area (Å²) in [6.07, 6.45) is 0.738. The van der Waals surface area contributed by atoms with Crippen LogP contribution in [0.2, 0.25) is 0 Å². The van der Waals surface area contributed by atoms with Crippen LogP contribution in [-0.4, -0.2) is 31.7 Å². The van der Waals surface area contributed by atoms with Gasteiger partial charge >= 0.3 is 0 Å². The molecule has 0 aliphatic heterocycles. The fourth-order valence-electron chi connectivity index (χ4n) is 1.14. The SMILES string of the molecule is CC(CCN)C(=O)CCS(=O)(=O)C(C)C. The summed E-state index contributed by atoms with van der Waals surface area (Å²) < 4.78 is 22.9. The van der Waals surface area contributed by atoms with Gasteiger partial charge in [-0.25, -0.2) is 8.42 Å². The molecule has 0 aromatic heterocycles. The van der Waals surface area contributed by atoms with Crippen LogP contribution < -0.4 is 5.73 Å². The minimum atomic E-state index is -3.09. The Morgan fingerprint density at radius 3 is 2.20 bits per heavy atom. The average Bonchev–Trinajstić information content (AvgIpc) is 2.14. The zero-order valence-corrected chi connectivity index (χ0v) is 10.5. The molecule has 0 aromatic rings. The van der Waals surface area contributed by atoms with Crippen molar-refractivity contribution in [2.45, 2.75) is 38.9 Å². The van der Waals surface area contributed by atoms with Crippen LogP contribution in [0.15, 0.2) is 0 Å². The van der Waals surface area contributed by atoms with Crippen molar-refractivity contribution in [1.29, 1.82) is 0 Å². The lowest BCUT2D eigenvalue weighted by atomic mass is 10.0. The van der Waals surface area contributed by atoms with E-state index in [1.807, 2.05) is 0 Å².